The van der Waals surface area contributed by atoms with Gasteiger partial charge in [-0.3, -0.25) is 4.90 Å². The molecular formula is C22H31N5. The SMILES string of the molecule is CN1CCN(CC2CCN(Cc3cnc(-c4ccccc4)nc3)CC2)CC1. The molecule has 0 N–H and O–H groups in total. The number of piperazine rings is 1. The maximum Gasteiger partial charge on any atom is 0.159 e. The normalized spacial score (nSPS) is 20.8. The molecule has 0 saturated carbocycles. The zero-order valence-corrected chi connectivity index (χ0v) is 16.4. The Bertz CT molecular complexity index is 686. The lowest BCUT2D eigenvalue weighted by atomic mass is 9.95. The van der Waals surface area contributed by atoms with Crippen molar-refractivity contribution in [3.63, 3.8) is 0 Å². The number of piperidine rings is 1. The summed E-state index contributed by atoms with van der Waals surface area (Å²) in [6, 6.07) is 10.2. The molecule has 0 radical (unpaired) electrons. The Balaban J connectivity index is 1.23. The summed E-state index contributed by atoms with van der Waals surface area (Å²) >= 11 is 0. The summed E-state index contributed by atoms with van der Waals surface area (Å²) in [7, 11) is 2.23. The first-order chi connectivity index (χ1) is 13.3. The lowest BCUT2D eigenvalue weighted by Gasteiger charge is -2.38. The smallest absolute Gasteiger partial charge is 0.159 e. The molecule has 0 atom stereocenters. The quantitative estimate of drug-likeness (QED) is 0.814. The molecule has 0 aliphatic carbocycles. The maximum absolute atomic E-state index is 4.56. The van der Waals surface area contributed by atoms with Gasteiger partial charge in [-0.2, -0.15) is 0 Å². The van der Waals surface area contributed by atoms with Gasteiger partial charge in [-0.05, 0) is 38.9 Å². The first-order valence-corrected chi connectivity index (χ1v) is 10.3. The van der Waals surface area contributed by atoms with Crippen LogP contribution < -0.4 is 0 Å². The van der Waals surface area contributed by atoms with Crippen LogP contribution in [0.1, 0.15) is 18.4 Å². The molecule has 2 aliphatic heterocycles. The zero-order valence-electron chi connectivity index (χ0n) is 16.4. The van der Waals surface area contributed by atoms with E-state index in [1.165, 1.54) is 64.2 Å². The average molecular weight is 366 g/mol. The summed E-state index contributed by atoms with van der Waals surface area (Å²) in [6.45, 7) is 9.56. The molecule has 2 aliphatic rings. The Labute approximate surface area is 163 Å². The highest BCUT2D eigenvalue weighted by molar-refractivity contribution is 5.53. The van der Waals surface area contributed by atoms with Crippen molar-refractivity contribution in [3.05, 3.63) is 48.3 Å². The third-order valence-corrected chi connectivity index (χ3v) is 5.96. The second kappa shape index (κ2) is 8.91. The van der Waals surface area contributed by atoms with E-state index in [9.17, 15) is 0 Å². The Morgan fingerprint density at radius 3 is 2.19 bits per heavy atom. The van der Waals surface area contributed by atoms with Crippen LogP contribution in [0.5, 0.6) is 0 Å². The van der Waals surface area contributed by atoms with Gasteiger partial charge in [-0.1, -0.05) is 30.3 Å². The fourth-order valence-electron chi connectivity index (χ4n) is 4.15. The van der Waals surface area contributed by atoms with Crippen molar-refractivity contribution in [1.82, 2.24) is 24.7 Å². The van der Waals surface area contributed by atoms with Crippen LogP contribution in [0, 0.1) is 5.92 Å². The number of rotatable bonds is 5. The highest BCUT2D eigenvalue weighted by Gasteiger charge is 2.23. The Kier molecular flexibility index (Phi) is 6.12. The highest BCUT2D eigenvalue weighted by atomic mass is 15.2. The molecule has 2 fully saturated rings. The first-order valence-electron chi connectivity index (χ1n) is 10.3. The molecule has 0 bridgehead atoms. The Morgan fingerprint density at radius 2 is 1.52 bits per heavy atom. The standard InChI is InChI=1S/C22H31N5/c1-25-11-13-27(14-12-25)17-19-7-9-26(10-8-19)18-20-15-23-22(24-16-20)21-5-3-2-4-6-21/h2-6,15-16,19H,7-14,17-18H2,1H3. The minimum atomic E-state index is 0.810. The van der Waals surface area contributed by atoms with Gasteiger partial charge in [-0.15, -0.1) is 0 Å². The molecule has 2 aromatic rings. The molecule has 1 aromatic heterocycles. The highest BCUT2D eigenvalue weighted by Crippen LogP contribution is 2.21. The van der Waals surface area contributed by atoms with Crippen molar-refractivity contribution in [2.24, 2.45) is 5.92 Å². The van der Waals surface area contributed by atoms with Crippen LogP contribution in [0.3, 0.4) is 0 Å². The molecule has 2 saturated heterocycles. The summed E-state index contributed by atoms with van der Waals surface area (Å²) in [4.78, 5) is 16.8. The van der Waals surface area contributed by atoms with Crippen molar-refractivity contribution in [2.75, 3.05) is 52.9 Å². The van der Waals surface area contributed by atoms with E-state index in [0.717, 1.165) is 23.9 Å². The molecule has 0 amide bonds. The number of nitrogens with zero attached hydrogens (tertiary/aromatic N) is 5. The van der Waals surface area contributed by atoms with Crippen LogP contribution >= 0.6 is 0 Å². The molecule has 4 rings (SSSR count). The number of likely N-dealkylation sites (N-methyl/N-ethyl adjacent to an activating group) is 1. The largest absolute Gasteiger partial charge is 0.304 e. The van der Waals surface area contributed by atoms with Gasteiger partial charge in [0.1, 0.15) is 0 Å². The van der Waals surface area contributed by atoms with Crippen molar-refractivity contribution < 1.29 is 0 Å². The molecule has 27 heavy (non-hydrogen) atoms. The third kappa shape index (κ3) is 5.12. The molecule has 144 valence electrons. The molecule has 3 heterocycles. The minimum absolute atomic E-state index is 0.810. The van der Waals surface area contributed by atoms with Crippen LogP contribution in [0.4, 0.5) is 0 Å². The number of benzene rings is 1. The van der Waals surface area contributed by atoms with Gasteiger partial charge >= 0.3 is 0 Å². The molecular weight excluding hydrogens is 334 g/mol. The van der Waals surface area contributed by atoms with Crippen molar-refractivity contribution >= 4 is 0 Å². The van der Waals surface area contributed by atoms with Crippen LogP contribution in [0.2, 0.25) is 0 Å². The van der Waals surface area contributed by atoms with E-state index in [4.69, 9.17) is 0 Å². The topological polar surface area (TPSA) is 35.5 Å². The van der Waals surface area contributed by atoms with Crippen molar-refractivity contribution in [1.29, 1.82) is 0 Å². The van der Waals surface area contributed by atoms with Gasteiger partial charge in [0.05, 0.1) is 0 Å². The number of hydrogen-bond acceptors (Lipinski definition) is 5. The summed E-state index contributed by atoms with van der Waals surface area (Å²) in [5.74, 6) is 1.67. The molecule has 1 aromatic carbocycles. The fourth-order valence-corrected chi connectivity index (χ4v) is 4.15. The number of hydrogen-bond donors (Lipinski definition) is 0. The van der Waals surface area contributed by atoms with Gasteiger partial charge in [0.25, 0.3) is 0 Å². The maximum atomic E-state index is 4.56. The Hall–Kier alpha value is -1.82. The van der Waals surface area contributed by atoms with Crippen molar-refractivity contribution in [3.8, 4) is 11.4 Å². The van der Waals surface area contributed by atoms with Crippen molar-refractivity contribution in [2.45, 2.75) is 19.4 Å². The summed E-state index contributed by atoms with van der Waals surface area (Å²) in [5.41, 5.74) is 2.29. The lowest BCUT2D eigenvalue weighted by Crippen LogP contribution is -2.47. The van der Waals surface area contributed by atoms with E-state index in [0.29, 0.717) is 0 Å². The van der Waals surface area contributed by atoms with Crippen LogP contribution in [-0.4, -0.2) is 77.5 Å². The van der Waals surface area contributed by atoms with E-state index < -0.39 is 0 Å². The zero-order chi connectivity index (χ0) is 18.5. The van der Waals surface area contributed by atoms with Crippen LogP contribution in [0.25, 0.3) is 11.4 Å². The predicted molar refractivity (Wildman–Crippen MR) is 109 cm³/mol. The summed E-state index contributed by atoms with van der Waals surface area (Å²) < 4.78 is 0. The molecule has 0 unspecified atom stereocenters. The second-order valence-electron chi connectivity index (χ2n) is 8.10. The van der Waals surface area contributed by atoms with E-state index >= 15 is 0 Å². The summed E-state index contributed by atoms with van der Waals surface area (Å²) in [6.07, 6.45) is 6.61. The third-order valence-electron chi connectivity index (χ3n) is 5.96. The van der Waals surface area contributed by atoms with Gasteiger partial charge in [0.15, 0.2) is 5.82 Å². The van der Waals surface area contributed by atoms with E-state index in [-0.39, 0.29) is 0 Å². The average Bonchev–Trinajstić information content (AvgIpc) is 2.72. The van der Waals surface area contributed by atoms with E-state index in [1.807, 2.05) is 30.6 Å². The molecule has 5 heteroatoms. The number of likely N-dealkylation sites (tertiary alicyclic amines) is 1. The first kappa shape index (κ1) is 18.5. The number of aromatic nitrogens is 2. The fraction of sp³-hybridized carbons (Fsp3) is 0.545. The molecule has 0 spiro atoms. The van der Waals surface area contributed by atoms with E-state index in [1.54, 1.807) is 0 Å². The van der Waals surface area contributed by atoms with Gasteiger partial charge in [0.2, 0.25) is 0 Å². The predicted octanol–water partition coefficient (Wildman–Crippen LogP) is 2.60. The molecule has 5 nitrogen and oxygen atoms in total. The minimum Gasteiger partial charge on any atom is -0.304 e. The van der Waals surface area contributed by atoms with Gasteiger partial charge in [0, 0.05) is 62.8 Å². The van der Waals surface area contributed by atoms with Gasteiger partial charge < -0.3 is 9.80 Å². The second-order valence-corrected chi connectivity index (χ2v) is 8.10. The summed E-state index contributed by atoms with van der Waals surface area (Å²) in [5, 5.41) is 0. The van der Waals surface area contributed by atoms with Gasteiger partial charge in [-0.25, -0.2) is 9.97 Å². The van der Waals surface area contributed by atoms with Crippen LogP contribution in [0.15, 0.2) is 42.7 Å². The Morgan fingerprint density at radius 1 is 0.852 bits per heavy atom. The van der Waals surface area contributed by atoms with Crippen LogP contribution in [-0.2, 0) is 6.54 Å². The lowest BCUT2D eigenvalue weighted by molar-refractivity contribution is 0.104. The van der Waals surface area contributed by atoms with E-state index in [2.05, 4.69) is 43.8 Å². The monoisotopic (exact) mass is 365 g/mol.